The van der Waals surface area contributed by atoms with Crippen LogP contribution in [0, 0.1) is 0 Å². The van der Waals surface area contributed by atoms with E-state index in [1.165, 1.54) is 0 Å². The maximum absolute atomic E-state index is 13.3. The number of hydrogen-bond donors (Lipinski definition) is 3. The second-order valence-corrected chi connectivity index (χ2v) is 8.92. The van der Waals surface area contributed by atoms with Crippen LogP contribution in [0.2, 0.25) is 15.1 Å². The Bertz CT molecular complexity index is 1400. The second kappa shape index (κ2) is 11.5. The first kappa shape index (κ1) is 29.6. The summed E-state index contributed by atoms with van der Waals surface area (Å²) < 4.78 is 109. The third kappa shape index (κ3) is 7.57. The topological polar surface area (TPSA) is 96.9 Å². The van der Waals surface area contributed by atoms with E-state index in [0.717, 1.165) is 30.3 Å². The Morgan fingerprint density at radius 2 is 1.42 bits per heavy atom. The Kier molecular flexibility index (Phi) is 8.93. The molecule has 1 unspecified atom stereocenters. The minimum atomic E-state index is -4.85. The first-order chi connectivity index (χ1) is 17.5. The third-order valence-corrected chi connectivity index (χ3v) is 5.83. The van der Waals surface area contributed by atoms with Gasteiger partial charge in [0.1, 0.15) is 0 Å². The fourth-order valence-electron chi connectivity index (χ4n) is 2.85. The fraction of sp³-hybridized carbons (Fsp3) is 0.0952. The van der Waals surface area contributed by atoms with Gasteiger partial charge >= 0.3 is 29.7 Å². The van der Waals surface area contributed by atoms with Crippen LogP contribution in [0.5, 0.6) is 17.2 Å². The fourth-order valence-corrected chi connectivity index (χ4v) is 3.66. The SMILES string of the molecule is O=C(Nc1ccc(Cl)c(C(F)(F)F)c1)Nc1cc(C(F)(F)F)ccc1Oc1cc(Cl)c(Cl)cc1OS(=O)O. The number of benzene rings is 3. The Hall–Kier alpha value is -2.91. The molecule has 2 amide bonds. The molecule has 1 atom stereocenters. The molecule has 0 bridgehead atoms. The van der Waals surface area contributed by atoms with Gasteiger partial charge in [-0.15, -0.1) is 0 Å². The first-order valence-corrected chi connectivity index (χ1v) is 11.8. The molecule has 17 heteroatoms. The molecule has 204 valence electrons. The Morgan fingerprint density at radius 1 is 0.789 bits per heavy atom. The maximum Gasteiger partial charge on any atom is 0.417 e. The van der Waals surface area contributed by atoms with Gasteiger partial charge in [0.2, 0.25) is 0 Å². The predicted octanol–water partition coefficient (Wildman–Crippen LogP) is 8.64. The van der Waals surface area contributed by atoms with E-state index < -0.39 is 63.1 Å². The summed E-state index contributed by atoms with van der Waals surface area (Å²) in [7, 11) is 0. The van der Waals surface area contributed by atoms with Crippen LogP contribution in [-0.4, -0.2) is 14.8 Å². The summed E-state index contributed by atoms with van der Waals surface area (Å²) >= 11 is 14.4. The van der Waals surface area contributed by atoms with Gasteiger partial charge in [0.25, 0.3) is 0 Å². The van der Waals surface area contributed by atoms with Crippen molar-refractivity contribution < 1.29 is 48.8 Å². The van der Waals surface area contributed by atoms with Gasteiger partial charge in [0.15, 0.2) is 17.2 Å². The molecule has 0 heterocycles. The van der Waals surface area contributed by atoms with Crippen molar-refractivity contribution >= 4 is 63.6 Å². The average Bonchev–Trinajstić information content (AvgIpc) is 2.77. The van der Waals surface area contributed by atoms with Gasteiger partial charge < -0.3 is 19.6 Å². The predicted molar refractivity (Wildman–Crippen MR) is 128 cm³/mol. The summed E-state index contributed by atoms with van der Waals surface area (Å²) in [6.07, 6.45) is -9.69. The molecule has 3 rings (SSSR count). The number of hydrogen-bond acceptors (Lipinski definition) is 4. The van der Waals surface area contributed by atoms with Gasteiger partial charge in [0.05, 0.1) is 31.9 Å². The van der Waals surface area contributed by atoms with E-state index in [2.05, 4.69) is 14.8 Å². The molecule has 0 saturated carbocycles. The largest absolute Gasteiger partial charge is 0.451 e. The van der Waals surface area contributed by atoms with E-state index in [1.54, 1.807) is 0 Å². The van der Waals surface area contributed by atoms with Crippen molar-refractivity contribution in [3.05, 3.63) is 74.7 Å². The van der Waals surface area contributed by atoms with E-state index in [0.29, 0.717) is 18.2 Å². The van der Waals surface area contributed by atoms with Crippen LogP contribution in [0.3, 0.4) is 0 Å². The van der Waals surface area contributed by atoms with E-state index in [9.17, 15) is 35.3 Å². The Labute approximate surface area is 227 Å². The van der Waals surface area contributed by atoms with E-state index in [-0.39, 0.29) is 21.5 Å². The molecule has 3 aromatic carbocycles. The molecule has 0 saturated heterocycles. The zero-order valence-corrected chi connectivity index (χ0v) is 21.1. The highest BCUT2D eigenvalue weighted by Gasteiger charge is 2.34. The Balaban J connectivity index is 1.97. The van der Waals surface area contributed by atoms with Crippen LogP contribution in [0.4, 0.5) is 42.5 Å². The van der Waals surface area contributed by atoms with Gasteiger partial charge in [0, 0.05) is 17.8 Å². The Morgan fingerprint density at radius 3 is 2.00 bits per heavy atom. The molecule has 0 aromatic heterocycles. The smallest absolute Gasteiger partial charge is 0.417 e. The molecule has 0 fully saturated rings. The summed E-state index contributed by atoms with van der Waals surface area (Å²) in [5, 5.41) is 3.22. The van der Waals surface area contributed by atoms with Crippen molar-refractivity contribution in [3.8, 4) is 17.2 Å². The molecule has 7 nitrogen and oxygen atoms in total. The molecule has 0 radical (unpaired) electrons. The summed E-state index contributed by atoms with van der Waals surface area (Å²) in [4.78, 5) is 12.5. The summed E-state index contributed by atoms with van der Waals surface area (Å²) in [6.45, 7) is 0. The minimum absolute atomic E-state index is 0.120. The lowest BCUT2D eigenvalue weighted by Crippen LogP contribution is -2.21. The summed E-state index contributed by atoms with van der Waals surface area (Å²) in [5.74, 6) is -1.25. The monoisotopic (exact) mass is 622 g/mol. The standard InChI is InChI=1S/C21H11Cl3F6N2O5S/c22-12-3-2-10(6-11(12)21(28,29)30)31-19(33)32-15-5-9(20(25,26)27)1-4-16(15)36-17-7-13(23)14(24)8-18(17)37-38(34)35/h1-8H,(H,34,35)(H2,31,32,33). The minimum Gasteiger partial charge on any atom is -0.451 e. The molecule has 0 aliphatic carbocycles. The van der Waals surface area contributed by atoms with E-state index in [4.69, 9.17) is 44.1 Å². The van der Waals surface area contributed by atoms with Crippen molar-refractivity contribution in [2.45, 2.75) is 12.4 Å². The number of amides is 2. The van der Waals surface area contributed by atoms with Crippen LogP contribution in [-0.2, 0) is 23.7 Å². The molecule has 38 heavy (non-hydrogen) atoms. The number of carbonyl (C=O) groups is 1. The lowest BCUT2D eigenvalue weighted by Gasteiger charge is -2.17. The van der Waals surface area contributed by atoms with E-state index in [1.807, 2.05) is 0 Å². The molecular formula is C21H11Cl3F6N2O5S. The van der Waals surface area contributed by atoms with Gasteiger partial charge in [-0.25, -0.2) is 4.79 Å². The number of rotatable bonds is 6. The number of ether oxygens (including phenoxy) is 1. The van der Waals surface area contributed by atoms with Crippen LogP contribution in [0.25, 0.3) is 0 Å². The van der Waals surface area contributed by atoms with Crippen LogP contribution in [0.15, 0.2) is 48.5 Å². The number of anilines is 2. The summed E-state index contributed by atoms with van der Waals surface area (Å²) in [5.41, 5.74) is -3.44. The van der Waals surface area contributed by atoms with Crippen molar-refractivity contribution in [1.82, 2.24) is 0 Å². The number of urea groups is 1. The van der Waals surface area contributed by atoms with Gasteiger partial charge in [-0.1, -0.05) is 34.8 Å². The number of halogens is 9. The highest BCUT2D eigenvalue weighted by atomic mass is 35.5. The second-order valence-electron chi connectivity index (χ2n) is 7.10. The lowest BCUT2D eigenvalue weighted by molar-refractivity contribution is -0.138. The number of alkyl halides is 6. The highest BCUT2D eigenvalue weighted by molar-refractivity contribution is 7.74. The molecule has 3 N–H and O–H groups in total. The molecule has 0 spiro atoms. The van der Waals surface area contributed by atoms with Crippen LogP contribution < -0.4 is 19.6 Å². The van der Waals surface area contributed by atoms with Crippen molar-refractivity contribution in [3.63, 3.8) is 0 Å². The maximum atomic E-state index is 13.3. The zero-order valence-electron chi connectivity index (χ0n) is 18.0. The van der Waals surface area contributed by atoms with Crippen molar-refractivity contribution in [2.75, 3.05) is 10.6 Å². The molecule has 0 aliphatic heterocycles. The number of carbonyl (C=O) groups excluding carboxylic acids is 1. The zero-order chi connectivity index (χ0) is 28.4. The molecular weight excluding hydrogens is 613 g/mol. The van der Waals surface area contributed by atoms with Crippen LogP contribution >= 0.6 is 34.8 Å². The molecule has 0 aliphatic rings. The number of nitrogens with one attached hydrogen (secondary N) is 2. The van der Waals surface area contributed by atoms with Crippen molar-refractivity contribution in [1.29, 1.82) is 0 Å². The molecule has 3 aromatic rings. The quantitative estimate of drug-likeness (QED) is 0.189. The summed E-state index contributed by atoms with van der Waals surface area (Å²) in [6, 6.07) is 5.12. The van der Waals surface area contributed by atoms with Gasteiger partial charge in [-0.2, -0.15) is 30.6 Å². The van der Waals surface area contributed by atoms with Crippen molar-refractivity contribution in [2.24, 2.45) is 0 Å². The first-order valence-electron chi connectivity index (χ1n) is 9.66. The average molecular weight is 624 g/mol. The lowest BCUT2D eigenvalue weighted by atomic mass is 10.1. The van der Waals surface area contributed by atoms with Crippen LogP contribution in [0.1, 0.15) is 11.1 Å². The normalized spacial score (nSPS) is 12.6. The third-order valence-electron chi connectivity index (χ3n) is 4.45. The highest BCUT2D eigenvalue weighted by Crippen LogP contribution is 2.42. The van der Waals surface area contributed by atoms with Gasteiger partial charge in [-0.05, 0) is 36.4 Å². The van der Waals surface area contributed by atoms with Gasteiger partial charge in [-0.3, -0.25) is 4.55 Å². The van der Waals surface area contributed by atoms with E-state index >= 15 is 0 Å².